The molecule has 0 amide bonds. The first-order chi connectivity index (χ1) is 4.70. The first kappa shape index (κ1) is 9.15. The lowest BCUT2D eigenvalue weighted by Gasteiger charge is -1.92. The van der Waals surface area contributed by atoms with Crippen molar-refractivity contribution in [2.75, 3.05) is 0 Å². The molecular weight excluding hydrogens is 124 g/mol. The number of hydrogen-bond donors (Lipinski definition) is 0. The molecule has 1 heteroatoms. The molecule has 0 heterocycles. The maximum atomic E-state index is 10.6. The van der Waals surface area contributed by atoms with Gasteiger partial charge in [0.1, 0.15) is 0 Å². The van der Waals surface area contributed by atoms with Crippen molar-refractivity contribution in [1.29, 1.82) is 0 Å². The number of carbonyl (C=O) groups is 1. The van der Waals surface area contributed by atoms with E-state index in [1.165, 1.54) is 0 Å². The zero-order chi connectivity index (χ0) is 7.98. The summed E-state index contributed by atoms with van der Waals surface area (Å²) in [4.78, 5) is 10.6. The largest absolute Gasteiger partial charge is 0.295 e. The summed E-state index contributed by atoms with van der Waals surface area (Å²) in [6.07, 6.45) is 6.49. The van der Waals surface area contributed by atoms with Crippen LogP contribution in [-0.2, 0) is 4.79 Å². The minimum absolute atomic E-state index is 0.120. The fourth-order valence-electron chi connectivity index (χ4n) is 0.743. The molecule has 0 atom stereocenters. The Morgan fingerprint density at radius 1 is 1.50 bits per heavy atom. The molecule has 0 rings (SSSR count). The Morgan fingerprint density at radius 2 is 2.10 bits per heavy atom. The summed E-state index contributed by atoms with van der Waals surface area (Å²) in [5.41, 5.74) is 1.09. The molecule has 0 aromatic rings. The van der Waals surface area contributed by atoms with E-state index >= 15 is 0 Å². The molecule has 0 aliphatic carbocycles. The van der Waals surface area contributed by atoms with E-state index < -0.39 is 0 Å². The minimum atomic E-state index is 0.120. The third-order valence-corrected chi connectivity index (χ3v) is 1.18. The van der Waals surface area contributed by atoms with Crippen LogP contribution in [0.4, 0.5) is 0 Å². The topological polar surface area (TPSA) is 17.1 Å². The summed E-state index contributed by atoms with van der Waals surface area (Å²) in [7, 11) is 0. The van der Waals surface area contributed by atoms with Crippen LogP contribution in [0.15, 0.2) is 23.8 Å². The van der Waals surface area contributed by atoms with Gasteiger partial charge in [-0.1, -0.05) is 19.1 Å². The average molecular weight is 138 g/mol. The zero-order valence-corrected chi connectivity index (χ0v) is 6.85. The highest BCUT2D eigenvalue weighted by Crippen LogP contribution is 2.01. The SMILES string of the molecule is CC=C/C(=C\C(C)=O)CC. The van der Waals surface area contributed by atoms with Crippen molar-refractivity contribution < 1.29 is 4.79 Å². The second kappa shape index (κ2) is 4.98. The zero-order valence-electron chi connectivity index (χ0n) is 6.85. The molecule has 0 aliphatic rings. The van der Waals surface area contributed by atoms with Crippen LogP contribution < -0.4 is 0 Å². The molecule has 0 aromatic heterocycles. The van der Waals surface area contributed by atoms with Gasteiger partial charge in [0.25, 0.3) is 0 Å². The summed E-state index contributed by atoms with van der Waals surface area (Å²) < 4.78 is 0. The van der Waals surface area contributed by atoms with Crippen molar-refractivity contribution in [3.63, 3.8) is 0 Å². The van der Waals surface area contributed by atoms with Crippen LogP contribution in [0.25, 0.3) is 0 Å². The van der Waals surface area contributed by atoms with Gasteiger partial charge in [-0.05, 0) is 31.9 Å². The molecule has 0 radical (unpaired) electrons. The lowest BCUT2D eigenvalue weighted by molar-refractivity contribution is -0.112. The summed E-state index contributed by atoms with van der Waals surface area (Å²) in [6, 6.07) is 0. The predicted octanol–water partition coefficient (Wildman–Crippen LogP) is 2.49. The fourth-order valence-corrected chi connectivity index (χ4v) is 0.743. The lowest BCUT2D eigenvalue weighted by Crippen LogP contribution is -1.84. The van der Waals surface area contributed by atoms with E-state index in [4.69, 9.17) is 0 Å². The second-order valence-corrected chi connectivity index (χ2v) is 2.18. The van der Waals surface area contributed by atoms with Gasteiger partial charge in [0.05, 0.1) is 0 Å². The Kier molecular flexibility index (Phi) is 4.55. The van der Waals surface area contributed by atoms with Crippen LogP contribution in [0, 0.1) is 0 Å². The van der Waals surface area contributed by atoms with Gasteiger partial charge >= 0.3 is 0 Å². The Labute approximate surface area is 62.4 Å². The molecule has 0 spiro atoms. The van der Waals surface area contributed by atoms with Gasteiger partial charge in [0.15, 0.2) is 5.78 Å². The molecule has 0 fully saturated rings. The molecule has 0 bridgehead atoms. The summed E-state index contributed by atoms with van der Waals surface area (Å²) in [6.45, 7) is 5.55. The van der Waals surface area contributed by atoms with Gasteiger partial charge in [-0.15, -0.1) is 0 Å². The molecule has 0 unspecified atom stereocenters. The summed E-state index contributed by atoms with van der Waals surface area (Å²) in [5.74, 6) is 0.120. The monoisotopic (exact) mass is 138 g/mol. The molecule has 0 aromatic carbocycles. The third kappa shape index (κ3) is 4.07. The minimum Gasteiger partial charge on any atom is -0.295 e. The van der Waals surface area contributed by atoms with E-state index in [-0.39, 0.29) is 5.78 Å². The average Bonchev–Trinajstić information content (AvgIpc) is 1.86. The molecule has 1 nitrogen and oxygen atoms in total. The van der Waals surface area contributed by atoms with E-state index in [9.17, 15) is 4.79 Å². The predicted molar refractivity (Wildman–Crippen MR) is 43.9 cm³/mol. The highest BCUT2D eigenvalue weighted by atomic mass is 16.1. The van der Waals surface area contributed by atoms with Gasteiger partial charge in [-0.25, -0.2) is 0 Å². The van der Waals surface area contributed by atoms with E-state index in [0.29, 0.717) is 0 Å². The van der Waals surface area contributed by atoms with Gasteiger partial charge in [-0.3, -0.25) is 4.79 Å². The van der Waals surface area contributed by atoms with Crippen molar-refractivity contribution >= 4 is 5.78 Å². The van der Waals surface area contributed by atoms with Crippen LogP contribution in [0.2, 0.25) is 0 Å². The van der Waals surface area contributed by atoms with E-state index in [0.717, 1.165) is 12.0 Å². The molecule has 0 N–H and O–H groups in total. The molecular formula is C9H14O. The fraction of sp³-hybridized carbons (Fsp3) is 0.444. The van der Waals surface area contributed by atoms with Crippen molar-refractivity contribution in [3.8, 4) is 0 Å². The van der Waals surface area contributed by atoms with Crippen LogP contribution in [0.1, 0.15) is 27.2 Å². The Hall–Kier alpha value is -0.850. The highest BCUT2D eigenvalue weighted by Gasteiger charge is 1.88. The van der Waals surface area contributed by atoms with Gasteiger partial charge < -0.3 is 0 Å². The Bertz CT molecular complexity index is 164. The van der Waals surface area contributed by atoms with E-state index in [2.05, 4.69) is 0 Å². The maximum Gasteiger partial charge on any atom is 0.152 e. The van der Waals surface area contributed by atoms with Gasteiger partial charge in [0.2, 0.25) is 0 Å². The number of carbonyl (C=O) groups excluding carboxylic acids is 1. The normalized spacial score (nSPS) is 12.5. The van der Waals surface area contributed by atoms with Crippen LogP contribution in [0.5, 0.6) is 0 Å². The molecule has 56 valence electrons. The van der Waals surface area contributed by atoms with E-state index in [1.54, 1.807) is 13.0 Å². The number of rotatable bonds is 3. The summed E-state index contributed by atoms with van der Waals surface area (Å²) in [5, 5.41) is 0. The second-order valence-electron chi connectivity index (χ2n) is 2.18. The molecule has 0 saturated heterocycles. The van der Waals surface area contributed by atoms with Crippen molar-refractivity contribution in [3.05, 3.63) is 23.8 Å². The molecule has 0 aliphatic heterocycles. The van der Waals surface area contributed by atoms with Crippen LogP contribution in [0.3, 0.4) is 0 Å². The van der Waals surface area contributed by atoms with Crippen molar-refractivity contribution in [1.82, 2.24) is 0 Å². The smallest absolute Gasteiger partial charge is 0.152 e. The quantitative estimate of drug-likeness (QED) is 0.432. The maximum absolute atomic E-state index is 10.6. The van der Waals surface area contributed by atoms with Gasteiger partial charge in [-0.2, -0.15) is 0 Å². The van der Waals surface area contributed by atoms with Crippen LogP contribution in [-0.4, -0.2) is 5.78 Å². The van der Waals surface area contributed by atoms with Crippen LogP contribution >= 0.6 is 0 Å². The first-order valence-electron chi connectivity index (χ1n) is 3.54. The highest BCUT2D eigenvalue weighted by molar-refractivity contribution is 5.88. The van der Waals surface area contributed by atoms with Crippen molar-refractivity contribution in [2.45, 2.75) is 27.2 Å². The first-order valence-corrected chi connectivity index (χ1v) is 3.54. The Balaban J connectivity index is 4.18. The van der Waals surface area contributed by atoms with Crippen molar-refractivity contribution in [2.24, 2.45) is 0 Å². The summed E-state index contributed by atoms with van der Waals surface area (Å²) >= 11 is 0. The number of allylic oxidation sites excluding steroid dienone is 4. The Morgan fingerprint density at radius 3 is 2.40 bits per heavy atom. The number of ketones is 1. The molecule has 10 heavy (non-hydrogen) atoms. The van der Waals surface area contributed by atoms with Gasteiger partial charge in [0, 0.05) is 0 Å². The number of hydrogen-bond acceptors (Lipinski definition) is 1. The van der Waals surface area contributed by atoms with E-state index in [1.807, 2.05) is 26.0 Å². The lowest BCUT2D eigenvalue weighted by atomic mass is 10.1. The standard InChI is InChI=1S/C9H14O/c1-4-6-9(5-2)7-8(3)10/h4,6-7H,5H2,1-3H3/b6-4?,9-7-. The molecule has 0 saturated carbocycles. The third-order valence-electron chi connectivity index (χ3n) is 1.18.